The average Bonchev–Trinajstić information content (AvgIpc) is 2.57. The van der Waals surface area contributed by atoms with Crippen molar-refractivity contribution in [3.05, 3.63) is 23.8 Å². The summed E-state index contributed by atoms with van der Waals surface area (Å²) in [5.41, 5.74) is 1.64. The normalized spacial score (nSPS) is 26.2. The first kappa shape index (κ1) is 12.2. The number of aliphatic hydroxyl groups excluding tert-OH is 1. The number of anilines is 1. The number of phenolic OH excluding ortho intramolecular Hbond substituents is 1. The molecule has 3 heteroatoms. The Balaban J connectivity index is 2.26. The van der Waals surface area contributed by atoms with Crippen LogP contribution in [0.4, 0.5) is 5.69 Å². The molecule has 1 heterocycles. The Kier molecular flexibility index (Phi) is 3.29. The molecule has 1 saturated heterocycles. The van der Waals surface area contributed by atoms with Crippen LogP contribution in [0.5, 0.6) is 5.75 Å². The Morgan fingerprint density at radius 3 is 2.53 bits per heavy atom. The van der Waals surface area contributed by atoms with Gasteiger partial charge in [-0.25, -0.2) is 0 Å². The van der Waals surface area contributed by atoms with Crippen LogP contribution in [0.15, 0.2) is 18.2 Å². The Hall–Kier alpha value is -1.22. The van der Waals surface area contributed by atoms with E-state index in [1.807, 2.05) is 12.1 Å². The molecule has 2 N–H and O–H groups in total. The molecule has 0 aliphatic carbocycles. The number of hydrogen-bond donors (Lipinski definition) is 2. The van der Waals surface area contributed by atoms with Gasteiger partial charge < -0.3 is 15.1 Å². The van der Waals surface area contributed by atoms with E-state index in [9.17, 15) is 10.2 Å². The summed E-state index contributed by atoms with van der Waals surface area (Å²) < 4.78 is 0. The first-order valence-corrected chi connectivity index (χ1v) is 6.26. The molecule has 17 heavy (non-hydrogen) atoms. The van der Waals surface area contributed by atoms with Crippen LogP contribution in [-0.4, -0.2) is 22.8 Å². The van der Waals surface area contributed by atoms with Gasteiger partial charge in [0.25, 0.3) is 0 Å². The minimum atomic E-state index is -0.626. The highest BCUT2D eigenvalue weighted by atomic mass is 16.3. The summed E-state index contributed by atoms with van der Waals surface area (Å²) in [6.45, 7) is 7.16. The van der Waals surface area contributed by atoms with E-state index in [0.717, 1.165) is 12.2 Å². The molecule has 1 aliphatic rings. The van der Waals surface area contributed by atoms with Crippen LogP contribution in [0.2, 0.25) is 0 Å². The highest BCUT2D eigenvalue weighted by Crippen LogP contribution is 2.33. The molecule has 1 aromatic rings. The molecule has 1 aliphatic heterocycles. The number of aliphatic hydroxyl groups is 1. The van der Waals surface area contributed by atoms with Gasteiger partial charge in [0, 0.05) is 29.9 Å². The van der Waals surface area contributed by atoms with E-state index < -0.39 is 6.10 Å². The lowest BCUT2D eigenvalue weighted by Crippen LogP contribution is -2.26. The third-order valence-electron chi connectivity index (χ3n) is 3.58. The van der Waals surface area contributed by atoms with Crippen molar-refractivity contribution in [2.24, 2.45) is 5.92 Å². The van der Waals surface area contributed by atoms with Crippen LogP contribution in [0.1, 0.15) is 38.9 Å². The molecule has 0 bridgehead atoms. The molecule has 94 valence electrons. The maximum absolute atomic E-state index is 9.89. The molecule has 0 radical (unpaired) electrons. The molecule has 0 aromatic heterocycles. The lowest BCUT2D eigenvalue weighted by molar-refractivity contribution is 0.195. The van der Waals surface area contributed by atoms with Gasteiger partial charge in [0.05, 0.1) is 6.10 Å². The van der Waals surface area contributed by atoms with E-state index >= 15 is 0 Å². The fourth-order valence-corrected chi connectivity index (χ4v) is 2.72. The van der Waals surface area contributed by atoms with Crippen molar-refractivity contribution in [3.8, 4) is 5.75 Å². The van der Waals surface area contributed by atoms with Gasteiger partial charge >= 0.3 is 0 Å². The van der Waals surface area contributed by atoms with Crippen LogP contribution >= 0.6 is 0 Å². The molecule has 3 atom stereocenters. The van der Waals surface area contributed by atoms with Gasteiger partial charge in [-0.3, -0.25) is 0 Å². The summed E-state index contributed by atoms with van der Waals surface area (Å²) in [6, 6.07) is 6.07. The summed E-state index contributed by atoms with van der Waals surface area (Å²) in [7, 11) is 0. The van der Waals surface area contributed by atoms with Gasteiger partial charge in [0.15, 0.2) is 0 Å². The van der Waals surface area contributed by atoms with Gasteiger partial charge in [-0.15, -0.1) is 0 Å². The SMILES string of the molecule is CC1CC(C)N(c2ccc(C(C)O)c(O)c2)C1. The summed E-state index contributed by atoms with van der Waals surface area (Å²) in [5, 5.41) is 19.4. The quantitative estimate of drug-likeness (QED) is 0.828. The Morgan fingerprint density at radius 1 is 1.35 bits per heavy atom. The molecule has 0 saturated carbocycles. The smallest absolute Gasteiger partial charge is 0.123 e. The third-order valence-corrected chi connectivity index (χ3v) is 3.58. The number of phenols is 1. The Morgan fingerprint density at radius 2 is 2.06 bits per heavy atom. The van der Waals surface area contributed by atoms with Crippen LogP contribution in [0.3, 0.4) is 0 Å². The van der Waals surface area contributed by atoms with Crippen molar-refractivity contribution in [1.29, 1.82) is 0 Å². The van der Waals surface area contributed by atoms with E-state index in [1.54, 1.807) is 13.0 Å². The zero-order valence-electron chi connectivity index (χ0n) is 10.7. The van der Waals surface area contributed by atoms with Gasteiger partial charge in [-0.1, -0.05) is 13.0 Å². The number of aromatic hydroxyl groups is 1. The number of hydrogen-bond acceptors (Lipinski definition) is 3. The topological polar surface area (TPSA) is 43.7 Å². The van der Waals surface area contributed by atoms with Crippen LogP contribution in [-0.2, 0) is 0 Å². The van der Waals surface area contributed by atoms with Crippen LogP contribution in [0, 0.1) is 5.92 Å². The minimum absolute atomic E-state index is 0.184. The monoisotopic (exact) mass is 235 g/mol. The zero-order chi connectivity index (χ0) is 12.6. The molecular formula is C14H21NO2. The lowest BCUT2D eigenvalue weighted by atomic mass is 10.1. The third kappa shape index (κ3) is 2.39. The number of nitrogens with zero attached hydrogens (tertiary/aromatic N) is 1. The van der Waals surface area contributed by atoms with Gasteiger partial charge in [0.1, 0.15) is 5.75 Å². The van der Waals surface area contributed by atoms with Crippen molar-refractivity contribution in [1.82, 2.24) is 0 Å². The number of benzene rings is 1. The maximum atomic E-state index is 9.89. The summed E-state index contributed by atoms with van der Waals surface area (Å²) in [4.78, 5) is 2.32. The van der Waals surface area contributed by atoms with E-state index in [-0.39, 0.29) is 5.75 Å². The predicted molar refractivity (Wildman–Crippen MR) is 69.3 cm³/mol. The Labute approximate surface area is 103 Å². The molecule has 0 amide bonds. The largest absolute Gasteiger partial charge is 0.507 e. The van der Waals surface area contributed by atoms with Crippen molar-refractivity contribution < 1.29 is 10.2 Å². The predicted octanol–water partition coefficient (Wildman–Crippen LogP) is 2.68. The van der Waals surface area contributed by atoms with E-state index in [1.165, 1.54) is 6.42 Å². The van der Waals surface area contributed by atoms with E-state index in [2.05, 4.69) is 18.7 Å². The fourth-order valence-electron chi connectivity index (χ4n) is 2.72. The molecular weight excluding hydrogens is 214 g/mol. The summed E-state index contributed by atoms with van der Waals surface area (Å²) in [6.07, 6.45) is 0.567. The van der Waals surface area contributed by atoms with Crippen molar-refractivity contribution >= 4 is 5.69 Å². The first-order valence-electron chi connectivity index (χ1n) is 6.26. The average molecular weight is 235 g/mol. The Bertz CT molecular complexity index is 403. The van der Waals surface area contributed by atoms with Crippen LogP contribution < -0.4 is 4.90 Å². The minimum Gasteiger partial charge on any atom is -0.507 e. The number of rotatable bonds is 2. The van der Waals surface area contributed by atoms with Crippen molar-refractivity contribution in [2.45, 2.75) is 39.3 Å². The van der Waals surface area contributed by atoms with Crippen LogP contribution in [0.25, 0.3) is 0 Å². The van der Waals surface area contributed by atoms with Gasteiger partial charge in [-0.2, -0.15) is 0 Å². The molecule has 2 rings (SSSR count). The zero-order valence-corrected chi connectivity index (χ0v) is 10.7. The van der Waals surface area contributed by atoms with E-state index in [4.69, 9.17) is 0 Å². The highest BCUT2D eigenvalue weighted by molar-refractivity contribution is 5.55. The second kappa shape index (κ2) is 4.57. The molecule has 3 nitrogen and oxygen atoms in total. The van der Waals surface area contributed by atoms with E-state index in [0.29, 0.717) is 17.5 Å². The summed E-state index contributed by atoms with van der Waals surface area (Å²) in [5.74, 6) is 0.882. The molecule has 1 fully saturated rings. The second-order valence-electron chi connectivity index (χ2n) is 5.26. The van der Waals surface area contributed by atoms with Gasteiger partial charge in [0.2, 0.25) is 0 Å². The molecule has 0 spiro atoms. The van der Waals surface area contributed by atoms with Gasteiger partial charge in [-0.05, 0) is 32.3 Å². The first-order chi connectivity index (χ1) is 7.99. The van der Waals surface area contributed by atoms with Crippen molar-refractivity contribution in [3.63, 3.8) is 0 Å². The highest BCUT2D eigenvalue weighted by Gasteiger charge is 2.26. The lowest BCUT2D eigenvalue weighted by Gasteiger charge is -2.24. The fraction of sp³-hybridized carbons (Fsp3) is 0.571. The molecule has 1 aromatic carbocycles. The standard InChI is InChI=1S/C14H21NO2/c1-9-6-10(2)15(8-9)12-4-5-13(11(3)16)14(17)7-12/h4-5,7,9-11,16-17H,6,8H2,1-3H3. The maximum Gasteiger partial charge on any atom is 0.123 e. The van der Waals surface area contributed by atoms with Crippen molar-refractivity contribution in [2.75, 3.05) is 11.4 Å². The summed E-state index contributed by atoms with van der Waals surface area (Å²) >= 11 is 0. The second-order valence-corrected chi connectivity index (χ2v) is 5.26. The molecule has 3 unspecified atom stereocenters.